The van der Waals surface area contributed by atoms with Crippen molar-refractivity contribution in [1.82, 2.24) is 19.7 Å². The molecule has 0 bridgehead atoms. The number of nitrogens with zero attached hydrogens (tertiary/aromatic N) is 4. The summed E-state index contributed by atoms with van der Waals surface area (Å²) in [7, 11) is 0. The minimum atomic E-state index is -1.10. The number of amides is 1. The van der Waals surface area contributed by atoms with Gasteiger partial charge in [0.25, 0.3) is 0 Å². The van der Waals surface area contributed by atoms with Crippen LogP contribution in [0, 0.1) is 5.82 Å². The predicted octanol–water partition coefficient (Wildman–Crippen LogP) is 1.86. The van der Waals surface area contributed by atoms with E-state index in [4.69, 9.17) is 0 Å². The summed E-state index contributed by atoms with van der Waals surface area (Å²) < 4.78 is 14.6. The highest BCUT2D eigenvalue weighted by atomic mass is 19.1. The lowest BCUT2D eigenvalue weighted by atomic mass is 10.1. The summed E-state index contributed by atoms with van der Waals surface area (Å²) in [6.07, 6.45) is 3.06. The molecule has 1 aromatic carbocycles. The maximum absolute atomic E-state index is 13.2. The number of aliphatic hydroxyl groups is 1. The van der Waals surface area contributed by atoms with Crippen molar-refractivity contribution in [3.8, 4) is 5.82 Å². The Kier molecular flexibility index (Phi) is 4.57. The fourth-order valence-electron chi connectivity index (χ4n) is 2.20. The van der Waals surface area contributed by atoms with E-state index in [1.807, 2.05) is 0 Å². The second-order valence-electron chi connectivity index (χ2n) is 5.04. The molecule has 1 unspecified atom stereocenters. The van der Waals surface area contributed by atoms with Crippen molar-refractivity contribution in [1.29, 1.82) is 0 Å². The van der Waals surface area contributed by atoms with Crippen LogP contribution in [0.4, 0.5) is 10.1 Å². The molecule has 7 nitrogen and oxygen atoms in total. The monoisotopic (exact) mass is 327 g/mol. The number of nitrogens with one attached hydrogen (secondary N) is 1. The molecular formula is C16H14FN5O2. The molecule has 2 heterocycles. The molecule has 0 radical (unpaired) electrons. The van der Waals surface area contributed by atoms with Gasteiger partial charge in [0.2, 0.25) is 5.91 Å². The maximum atomic E-state index is 13.2. The highest BCUT2D eigenvalue weighted by Gasteiger charge is 2.16. The van der Waals surface area contributed by atoms with Crippen LogP contribution in [0.15, 0.2) is 55.2 Å². The molecule has 122 valence electrons. The quantitative estimate of drug-likeness (QED) is 0.746. The highest BCUT2D eigenvalue weighted by molar-refractivity contribution is 5.92. The third-order valence-corrected chi connectivity index (χ3v) is 3.31. The summed E-state index contributed by atoms with van der Waals surface area (Å²) in [5.41, 5.74) is 0.771. The first-order valence-electron chi connectivity index (χ1n) is 7.17. The number of aliphatic hydroxyl groups excluding tert-OH is 1. The van der Waals surface area contributed by atoms with Crippen molar-refractivity contribution in [2.24, 2.45) is 0 Å². The van der Waals surface area contributed by atoms with Gasteiger partial charge >= 0.3 is 0 Å². The number of benzene rings is 1. The van der Waals surface area contributed by atoms with E-state index in [0.717, 1.165) is 0 Å². The molecule has 0 aliphatic rings. The average molecular weight is 327 g/mol. The Hall–Kier alpha value is -3.13. The van der Waals surface area contributed by atoms with Crippen molar-refractivity contribution in [2.75, 3.05) is 5.32 Å². The van der Waals surface area contributed by atoms with Crippen LogP contribution < -0.4 is 5.32 Å². The van der Waals surface area contributed by atoms with Gasteiger partial charge in [-0.25, -0.2) is 19.0 Å². The number of halogens is 1. The standard InChI is InChI=1S/C16H14FN5O2/c17-12-4-1-3-11(7-12)14(23)8-15(24)21-13-5-2-6-19-16(13)22-10-18-9-20-22/h1-7,9-10,14,23H,8H2,(H,21,24). The zero-order valence-corrected chi connectivity index (χ0v) is 12.5. The van der Waals surface area contributed by atoms with Crippen molar-refractivity contribution in [3.63, 3.8) is 0 Å². The largest absolute Gasteiger partial charge is 0.388 e. The van der Waals surface area contributed by atoms with Crippen molar-refractivity contribution >= 4 is 11.6 Å². The number of pyridine rings is 1. The number of hydrogen-bond donors (Lipinski definition) is 2. The molecule has 2 N–H and O–H groups in total. The van der Waals surface area contributed by atoms with Crippen LogP contribution in [0.25, 0.3) is 5.82 Å². The predicted molar refractivity (Wildman–Crippen MR) is 83.8 cm³/mol. The Labute approximate surface area is 136 Å². The lowest BCUT2D eigenvalue weighted by Crippen LogP contribution is -2.17. The van der Waals surface area contributed by atoms with Gasteiger partial charge < -0.3 is 10.4 Å². The number of carbonyl (C=O) groups excluding carboxylic acids is 1. The normalized spacial score (nSPS) is 11.9. The van der Waals surface area contributed by atoms with Gasteiger partial charge in [-0.3, -0.25) is 4.79 Å². The van der Waals surface area contributed by atoms with Crippen molar-refractivity contribution < 1.29 is 14.3 Å². The van der Waals surface area contributed by atoms with Gasteiger partial charge in [0.15, 0.2) is 5.82 Å². The first kappa shape index (κ1) is 15.8. The fourth-order valence-corrected chi connectivity index (χ4v) is 2.20. The Bertz CT molecular complexity index is 838. The van der Waals surface area contributed by atoms with Crippen LogP contribution in [0.3, 0.4) is 0 Å². The van der Waals surface area contributed by atoms with E-state index in [-0.39, 0.29) is 6.42 Å². The van der Waals surface area contributed by atoms with Crippen LogP contribution in [-0.2, 0) is 4.79 Å². The summed E-state index contributed by atoms with van der Waals surface area (Å²) in [5.74, 6) is -0.489. The van der Waals surface area contributed by atoms with Gasteiger partial charge in [-0.2, -0.15) is 5.10 Å². The first-order chi connectivity index (χ1) is 11.6. The number of anilines is 1. The fraction of sp³-hybridized carbons (Fsp3) is 0.125. The van der Waals surface area contributed by atoms with Crippen LogP contribution in [0.2, 0.25) is 0 Å². The van der Waals surface area contributed by atoms with Crippen LogP contribution in [0.1, 0.15) is 18.1 Å². The third-order valence-electron chi connectivity index (χ3n) is 3.31. The van der Waals surface area contributed by atoms with Crippen LogP contribution in [-0.4, -0.2) is 30.8 Å². The number of hydrogen-bond acceptors (Lipinski definition) is 5. The van der Waals surface area contributed by atoms with E-state index in [0.29, 0.717) is 17.1 Å². The van der Waals surface area contributed by atoms with E-state index in [1.165, 1.54) is 35.5 Å². The van der Waals surface area contributed by atoms with Crippen molar-refractivity contribution in [2.45, 2.75) is 12.5 Å². The molecule has 0 spiro atoms. The molecule has 0 aliphatic heterocycles. The van der Waals surface area contributed by atoms with Gasteiger partial charge in [0, 0.05) is 6.20 Å². The topological polar surface area (TPSA) is 92.9 Å². The molecule has 0 aliphatic carbocycles. The smallest absolute Gasteiger partial charge is 0.227 e. The molecule has 3 aromatic rings. The highest BCUT2D eigenvalue weighted by Crippen LogP contribution is 2.20. The minimum Gasteiger partial charge on any atom is -0.388 e. The zero-order valence-electron chi connectivity index (χ0n) is 12.5. The Balaban J connectivity index is 1.72. The maximum Gasteiger partial charge on any atom is 0.227 e. The van der Waals surface area contributed by atoms with E-state index in [9.17, 15) is 14.3 Å². The minimum absolute atomic E-state index is 0.213. The van der Waals surface area contributed by atoms with Gasteiger partial charge in [-0.15, -0.1) is 0 Å². The second kappa shape index (κ2) is 6.97. The molecule has 0 saturated carbocycles. The summed E-state index contributed by atoms with van der Waals surface area (Å²) in [6.45, 7) is 0. The molecule has 0 fully saturated rings. The number of rotatable bonds is 5. The number of aromatic nitrogens is 4. The molecule has 24 heavy (non-hydrogen) atoms. The molecule has 1 atom stereocenters. The summed E-state index contributed by atoms with van der Waals surface area (Å²) >= 11 is 0. The lowest BCUT2D eigenvalue weighted by molar-refractivity contribution is -0.118. The first-order valence-corrected chi connectivity index (χ1v) is 7.17. The second-order valence-corrected chi connectivity index (χ2v) is 5.04. The SMILES string of the molecule is O=C(CC(O)c1cccc(F)c1)Nc1cccnc1-n1cncn1. The lowest BCUT2D eigenvalue weighted by Gasteiger charge is -2.13. The summed E-state index contributed by atoms with van der Waals surface area (Å²) in [5, 5.41) is 16.7. The molecular weight excluding hydrogens is 313 g/mol. The molecule has 2 aromatic heterocycles. The summed E-state index contributed by atoms with van der Waals surface area (Å²) in [4.78, 5) is 20.2. The van der Waals surface area contributed by atoms with Crippen LogP contribution in [0.5, 0.6) is 0 Å². The molecule has 8 heteroatoms. The van der Waals surface area contributed by atoms with Gasteiger partial charge in [-0.1, -0.05) is 12.1 Å². The average Bonchev–Trinajstić information content (AvgIpc) is 3.09. The van der Waals surface area contributed by atoms with Gasteiger partial charge in [0.05, 0.1) is 18.2 Å². The molecule has 1 amide bonds. The zero-order chi connectivity index (χ0) is 16.9. The summed E-state index contributed by atoms with van der Waals surface area (Å²) in [6, 6.07) is 8.84. The molecule has 3 rings (SSSR count). The molecule has 0 saturated heterocycles. The van der Waals surface area contributed by atoms with E-state index in [2.05, 4.69) is 20.4 Å². The van der Waals surface area contributed by atoms with E-state index >= 15 is 0 Å². The number of carbonyl (C=O) groups is 1. The van der Waals surface area contributed by atoms with Crippen molar-refractivity contribution in [3.05, 3.63) is 66.6 Å². The van der Waals surface area contributed by atoms with E-state index < -0.39 is 17.8 Å². The Morgan fingerprint density at radius 1 is 1.33 bits per heavy atom. The third kappa shape index (κ3) is 3.61. The van der Waals surface area contributed by atoms with E-state index in [1.54, 1.807) is 24.4 Å². The van der Waals surface area contributed by atoms with Gasteiger partial charge in [0.1, 0.15) is 18.5 Å². The Morgan fingerprint density at radius 2 is 2.21 bits per heavy atom. The Morgan fingerprint density at radius 3 is 2.96 bits per heavy atom. The van der Waals surface area contributed by atoms with Gasteiger partial charge in [-0.05, 0) is 29.8 Å². The van der Waals surface area contributed by atoms with Crippen LogP contribution >= 0.6 is 0 Å².